The van der Waals surface area contributed by atoms with Crippen molar-refractivity contribution in [2.75, 3.05) is 6.54 Å². The van der Waals surface area contributed by atoms with E-state index in [0.717, 1.165) is 6.42 Å². The van der Waals surface area contributed by atoms with E-state index in [9.17, 15) is 0 Å². The molecule has 0 amide bonds. The molecule has 1 aromatic rings. The highest BCUT2D eigenvalue weighted by molar-refractivity contribution is 5.06. The molecule has 2 N–H and O–H groups in total. The van der Waals surface area contributed by atoms with Crippen LogP contribution in [0.5, 0.6) is 0 Å². The van der Waals surface area contributed by atoms with Crippen molar-refractivity contribution in [3.05, 3.63) is 18.0 Å². The lowest BCUT2D eigenvalue weighted by molar-refractivity contribution is 0.714. The van der Waals surface area contributed by atoms with Gasteiger partial charge in [-0.05, 0) is 25.5 Å². The second-order valence-corrected chi connectivity index (χ2v) is 2.51. The Morgan fingerprint density at radius 2 is 2.50 bits per heavy atom. The van der Waals surface area contributed by atoms with Crippen LogP contribution in [0.1, 0.15) is 12.5 Å². The minimum atomic E-state index is 0.668. The van der Waals surface area contributed by atoms with Gasteiger partial charge in [-0.3, -0.25) is 4.68 Å². The Kier molecular flexibility index (Phi) is 3.36. The van der Waals surface area contributed by atoms with Crippen molar-refractivity contribution in [2.24, 2.45) is 5.73 Å². The van der Waals surface area contributed by atoms with Gasteiger partial charge in [-0.2, -0.15) is 5.10 Å². The maximum absolute atomic E-state index is 5.40. The Labute approximate surface area is 72.6 Å². The molecule has 0 spiro atoms. The molecular weight excluding hydrogens is 150 g/mol. The predicted molar refractivity (Wildman–Crippen MR) is 48.4 cm³/mol. The molecule has 3 nitrogen and oxygen atoms in total. The minimum Gasteiger partial charge on any atom is -0.330 e. The maximum Gasteiger partial charge on any atom is 0.102 e. The summed E-state index contributed by atoms with van der Waals surface area (Å²) >= 11 is 0. The number of hydrogen-bond acceptors (Lipinski definition) is 2. The molecular formula is C9H13N3. The van der Waals surface area contributed by atoms with Gasteiger partial charge in [0.2, 0.25) is 0 Å². The van der Waals surface area contributed by atoms with Crippen LogP contribution in [-0.4, -0.2) is 16.3 Å². The van der Waals surface area contributed by atoms with Crippen molar-refractivity contribution in [3.8, 4) is 11.8 Å². The molecule has 0 fully saturated rings. The summed E-state index contributed by atoms with van der Waals surface area (Å²) < 4.78 is 1.82. The zero-order valence-corrected chi connectivity index (χ0v) is 7.25. The van der Waals surface area contributed by atoms with E-state index in [0.29, 0.717) is 13.1 Å². The fourth-order valence-corrected chi connectivity index (χ4v) is 0.949. The molecule has 1 heterocycles. The summed E-state index contributed by atoms with van der Waals surface area (Å²) in [6.07, 6.45) is 4.71. The van der Waals surface area contributed by atoms with Gasteiger partial charge in [0.15, 0.2) is 0 Å². The molecule has 64 valence electrons. The summed E-state index contributed by atoms with van der Waals surface area (Å²) in [5.41, 5.74) is 6.58. The number of aromatic nitrogens is 2. The van der Waals surface area contributed by atoms with Gasteiger partial charge in [-0.25, -0.2) is 0 Å². The zero-order chi connectivity index (χ0) is 8.81. The van der Waals surface area contributed by atoms with E-state index in [2.05, 4.69) is 16.9 Å². The quantitative estimate of drug-likeness (QED) is 0.656. The highest BCUT2D eigenvalue weighted by Gasteiger charge is 1.94. The van der Waals surface area contributed by atoms with Gasteiger partial charge >= 0.3 is 0 Å². The number of rotatable bonds is 3. The summed E-state index contributed by atoms with van der Waals surface area (Å²) in [6.45, 7) is 3.16. The summed E-state index contributed by atoms with van der Waals surface area (Å²) in [4.78, 5) is 0. The van der Waals surface area contributed by atoms with E-state index in [-0.39, 0.29) is 0 Å². The third-order valence-electron chi connectivity index (χ3n) is 1.54. The lowest BCUT2D eigenvalue weighted by atomic mass is 10.3. The molecule has 0 bridgehead atoms. The number of nitrogens with zero attached hydrogens (tertiary/aromatic N) is 2. The molecule has 0 atom stereocenters. The first kappa shape index (κ1) is 8.82. The van der Waals surface area contributed by atoms with E-state index in [4.69, 9.17) is 5.73 Å². The molecule has 0 aliphatic carbocycles. The Bertz CT molecular complexity index is 290. The van der Waals surface area contributed by atoms with Gasteiger partial charge in [0.25, 0.3) is 0 Å². The van der Waals surface area contributed by atoms with E-state index in [1.807, 2.05) is 24.0 Å². The SMILES string of the molecule is CC#CCn1cc(CCN)cn1. The summed E-state index contributed by atoms with van der Waals surface area (Å²) in [5, 5.41) is 4.13. The van der Waals surface area contributed by atoms with Crippen molar-refractivity contribution < 1.29 is 0 Å². The van der Waals surface area contributed by atoms with Crippen LogP contribution in [0, 0.1) is 11.8 Å². The largest absolute Gasteiger partial charge is 0.330 e. The van der Waals surface area contributed by atoms with Gasteiger partial charge in [-0.1, -0.05) is 5.92 Å². The summed E-state index contributed by atoms with van der Waals surface area (Å²) in [5.74, 6) is 5.76. The lowest BCUT2D eigenvalue weighted by Gasteiger charge is -1.91. The van der Waals surface area contributed by atoms with Crippen LogP contribution in [0.15, 0.2) is 12.4 Å². The monoisotopic (exact) mass is 163 g/mol. The average Bonchev–Trinajstić information content (AvgIpc) is 2.50. The Morgan fingerprint density at radius 3 is 3.17 bits per heavy atom. The van der Waals surface area contributed by atoms with Crippen molar-refractivity contribution in [3.63, 3.8) is 0 Å². The molecule has 0 aliphatic rings. The van der Waals surface area contributed by atoms with E-state index >= 15 is 0 Å². The van der Waals surface area contributed by atoms with Crippen LogP contribution >= 0.6 is 0 Å². The first-order valence-corrected chi connectivity index (χ1v) is 3.98. The third kappa shape index (κ3) is 2.40. The topological polar surface area (TPSA) is 43.8 Å². The van der Waals surface area contributed by atoms with Crippen molar-refractivity contribution >= 4 is 0 Å². The zero-order valence-electron chi connectivity index (χ0n) is 7.25. The van der Waals surface area contributed by atoms with Crippen LogP contribution in [0.25, 0.3) is 0 Å². The van der Waals surface area contributed by atoms with E-state index in [1.54, 1.807) is 0 Å². The fourth-order valence-electron chi connectivity index (χ4n) is 0.949. The Morgan fingerprint density at radius 1 is 1.67 bits per heavy atom. The van der Waals surface area contributed by atoms with Crippen LogP contribution < -0.4 is 5.73 Å². The molecule has 3 heteroatoms. The lowest BCUT2D eigenvalue weighted by Crippen LogP contribution is -2.01. The smallest absolute Gasteiger partial charge is 0.102 e. The highest BCUT2D eigenvalue weighted by Crippen LogP contribution is 1.96. The normalized spacial score (nSPS) is 9.17. The van der Waals surface area contributed by atoms with E-state index in [1.165, 1.54) is 5.56 Å². The minimum absolute atomic E-state index is 0.668. The molecule has 0 saturated heterocycles. The second kappa shape index (κ2) is 4.58. The van der Waals surface area contributed by atoms with Crippen LogP contribution in [0.3, 0.4) is 0 Å². The Hall–Kier alpha value is -1.27. The van der Waals surface area contributed by atoms with E-state index < -0.39 is 0 Å². The van der Waals surface area contributed by atoms with Crippen LogP contribution in [0.4, 0.5) is 0 Å². The molecule has 0 aliphatic heterocycles. The summed E-state index contributed by atoms with van der Waals surface area (Å²) in [6, 6.07) is 0. The van der Waals surface area contributed by atoms with Crippen molar-refractivity contribution in [2.45, 2.75) is 19.9 Å². The fraction of sp³-hybridized carbons (Fsp3) is 0.444. The molecule has 0 saturated carbocycles. The van der Waals surface area contributed by atoms with Gasteiger partial charge in [-0.15, -0.1) is 5.92 Å². The first-order chi connectivity index (χ1) is 5.86. The maximum atomic E-state index is 5.40. The Balaban J connectivity index is 2.55. The molecule has 1 rings (SSSR count). The standard InChI is InChI=1S/C9H13N3/c1-2-3-6-12-8-9(4-5-10)7-11-12/h7-8H,4-6,10H2,1H3. The van der Waals surface area contributed by atoms with Gasteiger partial charge in [0, 0.05) is 6.20 Å². The molecule has 0 radical (unpaired) electrons. The van der Waals surface area contributed by atoms with Crippen molar-refractivity contribution in [1.82, 2.24) is 9.78 Å². The second-order valence-electron chi connectivity index (χ2n) is 2.51. The number of hydrogen-bond donors (Lipinski definition) is 1. The van der Waals surface area contributed by atoms with Crippen LogP contribution in [0.2, 0.25) is 0 Å². The third-order valence-corrected chi connectivity index (χ3v) is 1.54. The van der Waals surface area contributed by atoms with Gasteiger partial charge in [0.05, 0.1) is 6.20 Å². The molecule has 0 unspecified atom stereocenters. The van der Waals surface area contributed by atoms with Gasteiger partial charge in [0.1, 0.15) is 6.54 Å². The van der Waals surface area contributed by atoms with Crippen molar-refractivity contribution in [1.29, 1.82) is 0 Å². The molecule has 0 aromatic carbocycles. The molecule has 1 aromatic heterocycles. The predicted octanol–water partition coefficient (Wildman–Crippen LogP) is 0.408. The molecule has 12 heavy (non-hydrogen) atoms. The first-order valence-electron chi connectivity index (χ1n) is 3.98. The summed E-state index contributed by atoms with van der Waals surface area (Å²) in [7, 11) is 0. The average molecular weight is 163 g/mol. The van der Waals surface area contributed by atoms with Crippen LogP contribution in [-0.2, 0) is 13.0 Å². The number of nitrogens with two attached hydrogens (primary N) is 1. The highest BCUT2D eigenvalue weighted by atomic mass is 15.3. The van der Waals surface area contributed by atoms with Gasteiger partial charge < -0.3 is 5.73 Å².